The van der Waals surface area contributed by atoms with Crippen LogP contribution in [0, 0.1) is 0 Å². The Kier molecular flexibility index (Phi) is 15.8. The van der Waals surface area contributed by atoms with Gasteiger partial charge in [0.05, 0.1) is 6.61 Å². The first kappa shape index (κ1) is 13.6. The van der Waals surface area contributed by atoms with Crippen molar-refractivity contribution in [3.63, 3.8) is 0 Å². The first-order valence-electron chi connectivity index (χ1n) is 3.67. The van der Waals surface area contributed by atoms with E-state index in [9.17, 15) is 4.21 Å². The Hall–Kier alpha value is 0.0700. The number of rotatable bonds is 4. The lowest BCUT2D eigenvalue weighted by Gasteiger charge is -1.86. The van der Waals surface area contributed by atoms with E-state index in [-0.39, 0.29) is 6.61 Å². The molecule has 0 fully saturated rings. The van der Waals surface area contributed by atoms with E-state index in [1.807, 2.05) is 13.8 Å². The molecule has 3 nitrogen and oxygen atoms in total. The van der Waals surface area contributed by atoms with Crippen LogP contribution in [-0.4, -0.2) is 41.1 Å². The summed E-state index contributed by atoms with van der Waals surface area (Å²) in [5.74, 6) is 0.403. The van der Waals surface area contributed by atoms with Crippen LogP contribution in [0.5, 0.6) is 0 Å². The molecule has 0 aliphatic heterocycles. The normalized spacial score (nSPS) is 11.6. The number of aliphatic hydroxyl groups is 1. The van der Waals surface area contributed by atoms with Gasteiger partial charge in [-0.05, 0) is 13.8 Å². The first-order chi connectivity index (χ1) is 5.18. The van der Waals surface area contributed by atoms with Gasteiger partial charge in [-0.1, -0.05) is 0 Å². The van der Waals surface area contributed by atoms with E-state index in [2.05, 4.69) is 0 Å². The van der Waals surface area contributed by atoms with Crippen molar-refractivity contribution in [2.24, 2.45) is 0 Å². The molecule has 0 rings (SSSR count). The number of hydrogen-bond acceptors (Lipinski definition) is 3. The molecule has 1 atom stereocenters. The minimum absolute atomic E-state index is 0.0309. The zero-order chi connectivity index (χ0) is 9.11. The fraction of sp³-hybridized carbons (Fsp3) is 1.00. The van der Waals surface area contributed by atoms with E-state index in [1.54, 1.807) is 6.26 Å². The third-order valence-electron chi connectivity index (χ3n) is 0.787. The number of hydrogen-bond donors (Lipinski definition) is 1. The van der Waals surface area contributed by atoms with Gasteiger partial charge in [0.15, 0.2) is 0 Å². The van der Waals surface area contributed by atoms with Crippen molar-refractivity contribution in [3.8, 4) is 0 Å². The van der Waals surface area contributed by atoms with Crippen LogP contribution in [0.25, 0.3) is 0 Å². The van der Waals surface area contributed by atoms with Crippen LogP contribution in [0.1, 0.15) is 13.8 Å². The monoisotopic (exact) mass is 182 g/mol. The predicted molar refractivity (Wildman–Crippen MR) is 48.2 cm³/mol. The molecule has 0 spiro atoms. The van der Waals surface area contributed by atoms with Gasteiger partial charge in [-0.15, -0.1) is 0 Å². The van der Waals surface area contributed by atoms with Crippen molar-refractivity contribution in [2.45, 2.75) is 13.8 Å². The van der Waals surface area contributed by atoms with Gasteiger partial charge in [0.1, 0.15) is 0 Å². The highest BCUT2D eigenvalue weighted by Crippen LogP contribution is 1.67. The predicted octanol–water partition coefficient (Wildman–Crippen LogP) is 0.400. The van der Waals surface area contributed by atoms with Gasteiger partial charge in [-0.3, -0.25) is 4.21 Å². The second-order valence-electron chi connectivity index (χ2n) is 1.78. The average molecular weight is 182 g/mol. The highest BCUT2D eigenvalue weighted by molar-refractivity contribution is 7.84. The van der Waals surface area contributed by atoms with Crippen molar-refractivity contribution >= 4 is 10.8 Å². The summed E-state index contributed by atoms with van der Waals surface area (Å²) in [5, 5.41) is 8.04. The summed E-state index contributed by atoms with van der Waals surface area (Å²) in [7, 11) is -0.816. The molecule has 0 saturated carbocycles. The summed E-state index contributed by atoms with van der Waals surface area (Å²) < 4.78 is 14.8. The molecule has 0 aliphatic carbocycles. The molecule has 0 aliphatic rings. The van der Waals surface area contributed by atoms with E-state index in [1.165, 1.54) is 0 Å². The maximum Gasteiger partial charge on any atom is 0.0546 e. The zero-order valence-electron chi connectivity index (χ0n) is 7.50. The highest BCUT2D eigenvalue weighted by atomic mass is 32.2. The molecule has 0 radical (unpaired) electrons. The lowest BCUT2D eigenvalue weighted by molar-refractivity contribution is 0.162. The molecule has 1 N–H and O–H groups in total. The topological polar surface area (TPSA) is 46.5 Å². The summed E-state index contributed by atoms with van der Waals surface area (Å²) in [6, 6.07) is 0. The van der Waals surface area contributed by atoms with Gasteiger partial charge in [0, 0.05) is 36.0 Å². The zero-order valence-corrected chi connectivity index (χ0v) is 8.32. The maximum atomic E-state index is 9.99. The Balaban J connectivity index is 0. The molecule has 0 bridgehead atoms. The Morgan fingerprint density at radius 3 is 1.82 bits per heavy atom. The van der Waals surface area contributed by atoms with E-state index in [0.717, 1.165) is 13.2 Å². The van der Waals surface area contributed by atoms with Crippen molar-refractivity contribution in [1.29, 1.82) is 0 Å². The molecule has 4 heteroatoms. The van der Waals surface area contributed by atoms with Crippen LogP contribution in [0.15, 0.2) is 0 Å². The summed E-state index contributed by atoms with van der Waals surface area (Å²) in [4.78, 5) is 0. The average Bonchev–Trinajstić information content (AvgIpc) is 1.90. The fourth-order valence-corrected chi connectivity index (χ4v) is 0.590. The lowest BCUT2D eigenvalue weighted by atomic mass is 10.8. The summed E-state index contributed by atoms with van der Waals surface area (Å²) in [6.45, 7) is 5.70. The van der Waals surface area contributed by atoms with Crippen molar-refractivity contribution in [2.75, 3.05) is 31.8 Å². The Morgan fingerprint density at radius 1 is 1.36 bits per heavy atom. The standard InChI is InChI=1S/C4H10O.C3H8O2S/c1-3-5-4-2;1-6(5)3-2-4/h3-4H2,1-2H3;4H,2-3H2,1H3. The third-order valence-corrected chi connectivity index (χ3v) is 1.54. The van der Waals surface area contributed by atoms with Crippen LogP contribution in [-0.2, 0) is 15.5 Å². The third kappa shape index (κ3) is 25.5. The van der Waals surface area contributed by atoms with E-state index in [0.29, 0.717) is 5.75 Å². The molecule has 0 aromatic rings. The maximum absolute atomic E-state index is 9.99. The lowest BCUT2D eigenvalue weighted by Crippen LogP contribution is -1.97. The van der Waals surface area contributed by atoms with Crippen LogP contribution in [0.3, 0.4) is 0 Å². The van der Waals surface area contributed by atoms with Gasteiger partial charge < -0.3 is 9.84 Å². The Labute approximate surface area is 71.2 Å². The Bertz CT molecular complexity index is 83.8. The van der Waals surface area contributed by atoms with E-state index < -0.39 is 10.8 Å². The van der Waals surface area contributed by atoms with Crippen molar-refractivity contribution < 1.29 is 14.1 Å². The van der Waals surface area contributed by atoms with Crippen LogP contribution >= 0.6 is 0 Å². The molecule has 1 unspecified atom stereocenters. The van der Waals surface area contributed by atoms with Gasteiger partial charge >= 0.3 is 0 Å². The number of ether oxygens (including phenoxy) is 1. The van der Waals surface area contributed by atoms with Gasteiger partial charge in [0.25, 0.3) is 0 Å². The van der Waals surface area contributed by atoms with Crippen LogP contribution in [0.4, 0.5) is 0 Å². The molecule has 70 valence electrons. The minimum Gasteiger partial charge on any atom is -0.395 e. The summed E-state index contributed by atoms with van der Waals surface area (Å²) in [6.07, 6.45) is 1.57. The SMILES string of the molecule is CCOCC.CS(=O)CCO. The van der Waals surface area contributed by atoms with Crippen LogP contribution < -0.4 is 0 Å². The summed E-state index contributed by atoms with van der Waals surface area (Å²) in [5.41, 5.74) is 0. The van der Waals surface area contributed by atoms with Gasteiger partial charge in [0.2, 0.25) is 0 Å². The van der Waals surface area contributed by atoms with Crippen molar-refractivity contribution in [1.82, 2.24) is 0 Å². The molecule has 0 saturated heterocycles. The van der Waals surface area contributed by atoms with Gasteiger partial charge in [-0.2, -0.15) is 0 Å². The minimum atomic E-state index is -0.816. The fourth-order valence-electron chi connectivity index (χ4n) is 0.333. The first-order valence-corrected chi connectivity index (χ1v) is 5.40. The van der Waals surface area contributed by atoms with Crippen LogP contribution in [0.2, 0.25) is 0 Å². The van der Waals surface area contributed by atoms with Crippen molar-refractivity contribution in [3.05, 3.63) is 0 Å². The molecule has 11 heavy (non-hydrogen) atoms. The molecule has 0 heterocycles. The molecular formula is C7H18O3S. The quantitative estimate of drug-likeness (QED) is 0.684. The second-order valence-corrected chi connectivity index (χ2v) is 3.34. The highest BCUT2D eigenvalue weighted by Gasteiger charge is 1.82. The smallest absolute Gasteiger partial charge is 0.0546 e. The Morgan fingerprint density at radius 2 is 1.82 bits per heavy atom. The van der Waals surface area contributed by atoms with E-state index >= 15 is 0 Å². The molecule has 0 aromatic heterocycles. The van der Waals surface area contributed by atoms with E-state index in [4.69, 9.17) is 9.84 Å². The summed E-state index contributed by atoms with van der Waals surface area (Å²) >= 11 is 0. The van der Waals surface area contributed by atoms with Gasteiger partial charge in [-0.25, -0.2) is 0 Å². The molecule has 0 aromatic carbocycles. The molecular weight excluding hydrogens is 164 g/mol. The second kappa shape index (κ2) is 12.7. The number of aliphatic hydroxyl groups excluding tert-OH is 1. The molecule has 0 amide bonds. The largest absolute Gasteiger partial charge is 0.395 e.